The van der Waals surface area contributed by atoms with E-state index in [1.54, 1.807) is 29.2 Å². The van der Waals surface area contributed by atoms with Gasteiger partial charge in [0.15, 0.2) is 5.78 Å². The van der Waals surface area contributed by atoms with E-state index < -0.39 is 48.8 Å². The van der Waals surface area contributed by atoms with Crippen molar-refractivity contribution in [2.24, 2.45) is 0 Å². The topological polar surface area (TPSA) is 285 Å². The molecule has 0 aliphatic carbocycles. The number of likely N-dealkylation sites (tertiary alicyclic amines) is 1. The number of ketones is 1. The number of amides is 5. The maximum absolute atomic E-state index is 14.0. The van der Waals surface area contributed by atoms with Gasteiger partial charge in [-0.1, -0.05) is 24.5 Å². The first kappa shape index (κ1) is 76.0. The summed E-state index contributed by atoms with van der Waals surface area (Å²) in [4.78, 5) is 131. The van der Waals surface area contributed by atoms with Gasteiger partial charge in [0.2, 0.25) is 29.5 Å². The molecule has 0 saturated carbocycles. The van der Waals surface area contributed by atoms with Gasteiger partial charge in [0.1, 0.15) is 25.3 Å². The lowest BCUT2D eigenvalue weighted by molar-refractivity contribution is -0.139. The number of pyridine rings is 1. The number of aryl methyl sites for hydroxylation is 1. The maximum Gasteiger partial charge on any atom is 0.317 e. The summed E-state index contributed by atoms with van der Waals surface area (Å²) >= 11 is 2.26. The summed E-state index contributed by atoms with van der Waals surface area (Å²) in [5.41, 5.74) is 2.09. The number of carboxylic acids is 1. The lowest BCUT2D eigenvalue weighted by atomic mass is 10.0. The second-order valence-corrected chi connectivity index (χ2v) is 25.3. The molecule has 5 N–H and O–H groups in total. The number of hydrogen-bond donors (Lipinski definition) is 5. The minimum Gasteiger partial charge on any atom is -0.494 e. The van der Waals surface area contributed by atoms with Crippen molar-refractivity contribution < 1.29 is 71.2 Å². The standard InChI is InChI=1S/C66H93F2IN12O13/c1-3-53-42-66(67,68)45-81(53)63(88)22-21-59(84)55-23-26-71-57-20-19-54(41-56(55)57)94-40-10-27-75-36-38-80(39-37-75)62(87)14-5-4-7-25-72-65(91)58(12-6-8-24-70-50(2)73-60(85)13-9-11-51-15-17-52(69)18-16-51)74-61(86)43-76-28-29-77(44-64(89)90)31-33-79(47-93-49-83)35-34-78(32-30-76)46-92-48-82/h1,15-20,23,26,41,48-50,53,58,70H,4-14,21-22,24-25,27-40,42-47H2,2H3,(H,72,91)(H,73,85)(H,74,86)(H,89,90)/t50?,53-,58?/m0/s1. The molecule has 1 aromatic heterocycles. The largest absolute Gasteiger partial charge is 0.494 e. The van der Waals surface area contributed by atoms with Gasteiger partial charge in [-0.05, 0) is 129 Å². The van der Waals surface area contributed by atoms with Gasteiger partial charge in [-0.25, -0.2) is 8.78 Å². The third kappa shape index (κ3) is 27.7. The number of carbonyl (C=O) groups excluding carboxylic acids is 8. The van der Waals surface area contributed by atoms with Gasteiger partial charge >= 0.3 is 5.97 Å². The van der Waals surface area contributed by atoms with Crippen LogP contribution in [-0.2, 0) is 54.3 Å². The number of hydrogen-bond acceptors (Lipinski definition) is 19. The summed E-state index contributed by atoms with van der Waals surface area (Å²) in [7, 11) is 0. The number of carbonyl (C=O) groups is 9. The number of piperazine rings is 1. The van der Waals surface area contributed by atoms with Crippen molar-refractivity contribution in [3.05, 3.63) is 69.4 Å². The lowest BCUT2D eigenvalue weighted by Gasteiger charge is -2.34. The summed E-state index contributed by atoms with van der Waals surface area (Å²) in [5.74, 6) is -2.93. The highest BCUT2D eigenvalue weighted by atomic mass is 127. The van der Waals surface area contributed by atoms with Crippen LogP contribution in [0.25, 0.3) is 10.9 Å². The Balaban J connectivity index is 0.923. The molecule has 5 amide bonds. The van der Waals surface area contributed by atoms with Crippen molar-refractivity contribution >= 4 is 87.7 Å². The number of ether oxygens (including phenoxy) is 3. The van der Waals surface area contributed by atoms with Crippen molar-refractivity contribution in [2.45, 2.75) is 121 Å². The van der Waals surface area contributed by atoms with Crippen LogP contribution in [0.4, 0.5) is 8.78 Å². The Morgan fingerprint density at radius 2 is 1.37 bits per heavy atom. The lowest BCUT2D eigenvalue weighted by Crippen LogP contribution is -2.52. The number of carboxylic acid groups (broad SMARTS) is 1. The van der Waals surface area contributed by atoms with Gasteiger partial charge in [-0.15, -0.1) is 6.42 Å². The third-order valence-electron chi connectivity index (χ3n) is 16.8. The number of aliphatic carboxylic acids is 1. The monoisotopic (exact) mass is 1430 g/mol. The van der Waals surface area contributed by atoms with E-state index in [1.165, 1.54) is 11.8 Å². The van der Waals surface area contributed by atoms with Crippen molar-refractivity contribution in [2.75, 3.05) is 138 Å². The molecule has 3 fully saturated rings. The summed E-state index contributed by atoms with van der Waals surface area (Å²) < 4.78 is 45.3. The minimum atomic E-state index is -3.07. The number of rotatable bonds is 38. The summed E-state index contributed by atoms with van der Waals surface area (Å²) in [6, 6.07) is 13.2. The zero-order chi connectivity index (χ0) is 67.7. The number of aromatic nitrogens is 1. The van der Waals surface area contributed by atoms with E-state index in [0.717, 1.165) is 27.9 Å². The number of terminal acetylenes is 1. The fourth-order valence-electron chi connectivity index (χ4n) is 11.5. The maximum atomic E-state index is 14.0. The van der Waals surface area contributed by atoms with E-state index >= 15 is 0 Å². The molecular formula is C66H93F2IN12O13. The molecule has 3 aliphatic rings. The highest BCUT2D eigenvalue weighted by molar-refractivity contribution is 14.1. The summed E-state index contributed by atoms with van der Waals surface area (Å²) in [6.45, 7) is 8.92. The number of Topliss-reactive ketones (excluding diaryl/α,β-unsaturated/α-hetero) is 1. The molecule has 3 aromatic rings. The molecule has 94 heavy (non-hydrogen) atoms. The molecule has 2 unspecified atom stereocenters. The Labute approximate surface area is 563 Å². The summed E-state index contributed by atoms with van der Waals surface area (Å²) in [5, 5.41) is 22.6. The van der Waals surface area contributed by atoms with E-state index in [-0.39, 0.29) is 69.1 Å². The Hall–Kier alpha value is -7.01. The highest BCUT2D eigenvalue weighted by Gasteiger charge is 2.46. The van der Waals surface area contributed by atoms with Crippen LogP contribution in [0, 0.1) is 15.9 Å². The van der Waals surface area contributed by atoms with Crippen molar-refractivity contribution in [1.29, 1.82) is 0 Å². The van der Waals surface area contributed by atoms with Gasteiger partial charge in [0.05, 0.1) is 44.0 Å². The first-order valence-corrected chi connectivity index (χ1v) is 33.6. The second kappa shape index (κ2) is 41.1. The average Bonchev–Trinajstić information content (AvgIpc) is 1.32. The first-order chi connectivity index (χ1) is 45.3. The molecular weight excluding hydrogens is 1330 g/mol. The molecule has 3 aliphatic heterocycles. The van der Waals surface area contributed by atoms with Gasteiger partial charge in [0, 0.05) is 144 Å². The fourth-order valence-corrected chi connectivity index (χ4v) is 11.9. The molecule has 6 rings (SSSR count). The Morgan fingerprint density at radius 3 is 2.03 bits per heavy atom. The van der Waals surface area contributed by atoms with Crippen LogP contribution in [0.2, 0.25) is 0 Å². The second-order valence-electron chi connectivity index (χ2n) is 24.1. The van der Waals surface area contributed by atoms with E-state index in [4.69, 9.17) is 20.6 Å². The van der Waals surface area contributed by atoms with Crippen LogP contribution in [0.1, 0.15) is 106 Å². The van der Waals surface area contributed by atoms with Gasteiger partial charge in [0.25, 0.3) is 18.9 Å². The fraction of sp³-hybridized carbons (Fsp3) is 0.606. The molecule has 2 aromatic carbocycles. The third-order valence-corrected chi connectivity index (χ3v) is 17.5. The van der Waals surface area contributed by atoms with Crippen molar-refractivity contribution in [3.8, 4) is 18.1 Å². The van der Waals surface area contributed by atoms with E-state index in [1.807, 2.05) is 38.7 Å². The molecule has 28 heteroatoms. The van der Waals surface area contributed by atoms with Crippen LogP contribution in [0.3, 0.4) is 0 Å². The Bertz CT molecular complexity index is 2980. The SMILES string of the molecule is C#C[C@H]1CC(F)(F)CN1C(=O)CCC(=O)c1ccnc2ccc(OCCCN3CCN(C(=O)CCCCCNC(=O)C(CCCCNC(C)NC(=O)CCCc4ccc(I)cc4)NC(=O)CN4CCN(COC=O)CCN(COC=O)CCN(CC(=O)O)CC4)CC3)cc12. The first-order valence-electron chi connectivity index (χ1n) is 32.6. The number of nitrogens with zero attached hydrogens (tertiary/aromatic N) is 8. The molecule has 0 bridgehead atoms. The normalized spacial score (nSPS) is 17.8. The predicted octanol–water partition coefficient (Wildman–Crippen LogP) is 3.56. The smallest absolute Gasteiger partial charge is 0.317 e. The zero-order valence-corrected chi connectivity index (χ0v) is 56.1. The highest BCUT2D eigenvalue weighted by Crippen LogP contribution is 2.33. The molecule has 3 atom stereocenters. The predicted molar refractivity (Wildman–Crippen MR) is 355 cm³/mol. The Morgan fingerprint density at radius 1 is 0.723 bits per heavy atom. The number of fused-ring (bicyclic) bond motifs is 1. The number of halogens is 3. The number of unbranched alkanes of at least 4 members (excludes halogenated alkanes) is 3. The van der Waals surface area contributed by atoms with Gasteiger partial charge < -0.3 is 45.1 Å². The number of alkyl halides is 2. The zero-order valence-electron chi connectivity index (χ0n) is 54.0. The van der Waals surface area contributed by atoms with Crippen LogP contribution < -0.4 is 26.0 Å². The molecule has 4 heterocycles. The summed E-state index contributed by atoms with van der Waals surface area (Å²) in [6.07, 6.45) is 12.1. The van der Waals surface area contributed by atoms with Gasteiger partial charge in [-0.3, -0.25) is 78.0 Å². The van der Waals surface area contributed by atoms with Crippen molar-refractivity contribution in [3.63, 3.8) is 0 Å². The van der Waals surface area contributed by atoms with Gasteiger partial charge in [-0.2, -0.15) is 0 Å². The number of benzene rings is 2. The minimum absolute atomic E-state index is 0.00258. The quantitative estimate of drug-likeness (QED) is 0.0137. The van der Waals surface area contributed by atoms with Crippen LogP contribution >= 0.6 is 22.6 Å². The average molecular weight is 1430 g/mol. The molecule has 0 spiro atoms. The van der Waals surface area contributed by atoms with Crippen molar-refractivity contribution in [1.82, 2.24) is 60.6 Å². The van der Waals surface area contributed by atoms with E-state index in [9.17, 15) is 57.0 Å². The molecule has 25 nitrogen and oxygen atoms in total. The van der Waals surface area contributed by atoms with Crippen LogP contribution in [0.5, 0.6) is 5.75 Å². The van der Waals surface area contributed by atoms with Crippen LogP contribution in [-0.4, -0.2) is 261 Å². The van der Waals surface area contributed by atoms with E-state index in [2.05, 4.69) is 71.8 Å². The van der Waals surface area contributed by atoms with Crippen LogP contribution in [0.15, 0.2) is 54.7 Å². The Kier molecular flexibility index (Phi) is 33.2. The molecule has 3 saturated heterocycles. The molecule has 516 valence electrons. The van der Waals surface area contributed by atoms with E-state index in [0.29, 0.717) is 191 Å². The number of nitrogens with one attached hydrogen (secondary N) is 4. The molecule has 0 radical (unpaired) electrons.